The topological polar surface area (TPSA) is 54.9 Å². The van der Waals surface area contributed by atoms with Gasteiger partial charge >= 0.3 is 0 Å². The van der Waals surface area contributed by atoms with Gasteiger partial charge in [0.1, 0.15) is 0 Å². The van der Waals surface area contributed by atoms with Crippen LogP contribution in [0.1, 0.15) is 30.9 Å². The summed E-state index contributed by atoms with van der Waals surface area (Å²) in [6.07, 6.45) is 2.32. The number of benzene rings is 2. The largest absolute Gasteiger partial charge is 0.381 e. The molecule has 0 unspecified atom stereocenters. The first kappa shape index (κ1) is 22.7. The van der Waals surface area contributed by atoms with Gasteiger partial charge in [0.2, 0.25) is 0 Å². The number of rotatable bonds is 10. The van der Waals surface area contributed by atoms with Gasteiger partial charge in [-0.3, -0.25) is 0 Å². The van der Waals surface area contributed by atoms with E-state index in [0.717, 1.165) is 50.9 Å². The molecule has 1 saturated heterocycles. The Hall–Kier alpha value is -2.02. The molecule has 2 N–H and O–H groups in total. The maximum absolute atomic E-state index is 6.00. The summed E-state index contributed by atoms with van der Waals surface area (Å²) in [5, 5.41) is 6.74. The fourth-order valence-electron chi connectivity index (χ4n) is 3.16. The van der Waals surface area contributed by atoms with E-state index < -0.39 is 0 Å². The first-order chi connectivity index (χ1) is 14.8. The van der Waals surface area contributed by atoms with E-state index in [4.69, 9.17) is 14.5 Å². The minimum Gasteiger partial charge on any atom is -0.381 e. The monoisotopic (exact) mass is 427 g/mol. The van der Waals surface area contributed by atoms with Crippen molar-refractivity contribution in [1.82, 2.24) is 10.6 Å². The van der Waals surface area contributed by atoms with Crippen molar-refractivity contribution in [3.63, 3.8) is 0 Å². The molecular weight excluding hydrogens is 394 g/mol. The van der Waals surface area contributed by atoms with Crippen molar-refractivity contribution in [2.45, 2.75) is 43.9 Å². The first-order valence-electron chi connectivity index (χ1n) is 10.8. The van der Waals surface area contributed by atoms with Gasteiger partial charge in [0.15, 0.2) is 5.96 Å². The van der Waals surface area contributed by atoms with Gasteiger partial charge in [-0.25, -0.2) is 4.99 Å². The molecule has 6 heteroatoms. The number of nitrogens with zero attached hydrogens (tertiary/aromatic N) is 1. The van der Waals surface area contributed by atoms with E-state index in [9.17, 15) is 0 Å². The molecule has 1 aliphatic rings. The fraction of sp³-hybridized carbons (Fsp3) is 0.458. The number of ether oxygens (including phenoxy) is 2. The summed E-state index contributed by atoms with van der Waals surface area (Å²) in [5.41, 5.74) is 2.40. The lowest BCUT2D eigenvalue weighted by Crippen LogP contribution is -2.38. The Labute approximate surface area is 184 Å². The smallest absolute Gasteiger partial charge is 0.191 e. The lowest BCUT2D eigenvalue weighted by atomic mass is 10.1. The van der Waals surface area contributed by atoms with Crippen LogP contribution in [0.2, 0.25) is 0 Å². The van der Waals surface area contributed by atoms with Crippen LogP contribution in [0.4, 0.5) is 0 Å². The first-order valence-corrected chi connectivity index (χ1v) is 11.8. The van der Waals surface area contributed by atoms with E-state index in [-0.39, 0.29) is 0 Å². The van der Waals surface area contributed by atoms with Crippen LogP contribution in [0.15, 0.2) is 64.5 Å². The third-order valence-electron chi connectivity index (χ3n) is 4.85. The summed E-state index contributed by atoms with van der Waals surface area (Å²) in [5.74, 6) is 1.86. The quantitative estimate of drug-likeness (QED) is 0.257. The van der Waals surface area contributed by atoms with Crippen LogP contribution < -0.4 is 10.6 Å². The Bertz CT molecular complexity index is 747. The SMILES string of the molecule is CCNC(=NCc1ccc(COC2CCOCC2)cc1)NCCSc1ccccc1. The van der Waals surface area contributed by atoms with Gasteiger partial charge in [0.05, 0.1) is 19.3 Å². The maximum Gasteiger partial charge on any atom is 0.191 e. The molecule has 30 heavy (non-hydrogen) atoms. The molecule has 0 bridgehead atoms. The van der Waals surface area contributed by atoms with Crippen LogP contribution >= 0.6 is 11.8 Å². The minimum absolute atomic E-state index is 0.330. The highest BCUT2D eigenvalue weighted by molar-refractivity contribution is 7.99. The van der Waals surface area contributed by atoms with Gasteiger partial charge in [-0.15, -0.1) is 11.8 Å². The molecule has 0 aliphatic carbocycles. The van der Waals surface area contributed by atoms with Crippen molar-refractivity contribution in [2.75, 3.05) is 32.1 Å². The van der Waals surface area contributed by atoms with Crippen LogP contribution in [0.3, 0.4) is 0 Å². The van der Waals surface area contributed by atoms with E-state index in [2.05, 4.69) is 66.1 Å². The van der Waals surface area contributed by atoms with E-state index >= 15 is 0 Å². The van der Waals surface area contributed by atoms with E-state index in [1.165, 1.54) is 16.0 Å². The van der Waals surface area contributed by atoms with Gasteiger partial charge in [-0.1, -0.05) is 42.5 Å². The van der Waals surface area contributed by atoms with Crippen LogP contribution in [-0.2, 0) is 22.6 Å². The molecule has 1 heterocycles. The zero-order chi connectivity index (χ0) is 20.9. The molecule has 5 nitrogen and oxygen atoms in total. The summed E-state index contributed by atoms with van der Waals surface area (Å²) in [7, 11) is 0. The molecule has 2 aromatic rings. The molecule has 0 radical (unpaired) electrons. The number of hydrogen-bond donors (Lipinski definition) is 2. The molecule has 1 fully saturated rings. The average molecular weight is 428 g/mol. The molecule has 0 atom stereocenters. The third-order valence-corrected chi connectivity index (χ3v) is 5.86. The van der Waals surface area contributed by atoms with Crippen molar-refractivity contribution in [2.24, 2.45) is 4.99 Å². The molecule has 1 aliphatic heterocycles. The van der Waals surface area contributed by atoms with Gasteiger partial charge in [0.25, 0.3) is 0 Å². The number of hydrogen-bond acceptors (Lipinski definition) is 4. The molecule has 0 saturated carbocycles. The van der Waals surface area contributed by atoms with Crippen LogP contribution in [0.5, 0.6) is 0 Å². The lowest BCUT2D eigenvalue weighted by Gasteiger charge is -2.22. The van der Waals surface area contributed by atoms with E-state index in [1.54, 1.807) is 0 Å². The molecule has 0 aromatic heterocycles. The number of aliphatic imine (C=N–C) groups is 1. The van der Waals surface area contributed by atoms with E-state index in [0.29, 0.717) is 19.3 Å². The second kappa shape index (κ2) is 13.3. The van der Waals surface area contributed by atoms with Crippen molar-refractivity contribution < 1.29 is 9.47 Å². The van der Waals surface area contributed by atoms with Crippen molar-refractivity contribution in [1.29, 1.82) is 0 Å². The Kier molecular flexibility index (Phi) is 10.1. The summed E-state index contributed by atoms with van der Waals surface area (Å²) >= 11 is 1.85. The van der Waals surface area contributed by atoms with Gasteiger partial charge in [-0.2, -0.15) is 0 Å². The maximum atomic E-state index is 6.00. The highest BCUT2D eigenvalue weighted by atomic mass is 32.2. The summed E-state index contributed by atoms with van der Waals surface area (Å²) < 4.78 is 11.4. The fourth-order valence-corrected chi connectivity index (χ4v) is 3.95. The van der Waals surface area contributed by atoms with Gasteiger partial charge < -0.3 is 20.1 Å². The van der Waals surface area contributed by atoms with Crippen LogP contribution in [0.25, 0.3) is 0 Å². The van der Waals surface area contributed by atoms with Crippen LogP contribution in [-0.4, -0.2) is 44.1 Å². The minimum atomic E-state index is 0.330. The third kappa shape index (κ3) is 8.38. The average Bonchev–Trinajstić information content (AvgIpc) is 2.81. The molecule has 162 valence electrons. The zero-order valence-corrected chi connectivity index (χ0v) is 18.6. The van der Waals surface area contributed by atoms with Crippen molar-refractivity contribution in [3.05, 3.63) is 65.7 Å². The lowest BCUT2D eigenvalue weighted by molar-refractivity contribution is -0.0390. The standard InChI is InChI=1S/C24H33N3O2S/c1-2-25-24(26-14-17-30-23-6-4-3-5-7-23)27-18-20-8-10-21(11-9-20)19-29-22-12-15-28-16-13-22/h3-11,22H,2,12-19H2,1H3,(H2,25,26,27). The van der Waals surface area contributed by atoms with E-state index in [1.807, 2.05) is 17.8 Å². The predicted molar refractivity (Wildman–Crippen MR) is 125 cm³/mol. The van der Waals surface area contributed by atoms with Crippen molar-refractivity contribution in [3.8, 4) is 0 Å². The Morgan fingerprint density at radius 3 is 2.50 bits per heavy atom. The summed E-state index contributed by atoms with van der Waals surface area (Å²) in [6.45, 7) is 6.75. The van der Waals surface area contributed by atoms with Crippen molar-refractivity contribution >= 4 is 17.7 Å². The number of thioether (sulfide) groups is 1. The normalized spacial score (nSPS) is 15.2. The Morgan fingerprint density at radius 1 is 1.03 bits per heavy atom. The number of guanidine groups is 1. The van der Waals surface area contributed by atoms with Gasteiger partial charge in [-0.05, 0) is 43.0 Å². The highest BCUT2D eigenvalue weighted by Gasteiger charge is 2.13. The molecular formula is C24H33N3O2S. The molecule has 0 spiro atoms. The van der Waals surface area contributed by atoms with Crippen LogP contribution in [0, 0.1) is 0 Å². The van der Waals surface area contributed by atoms with Gasteiger partial charge in [0, 0.05) is 37.0 Å². The predicted octanol–water partition coefficient (Wildman–Crippen LogP) is 4.23. The second-order valence-corrected chi connectivity index (χ2v) is 8.39. The zero-order valence-electron chi connectivity index (χ0n) is 17.8. The second-order valence-electron chi connectivity index (χ2n) is 7.22. The molecule has 0 amide bonds. The molecule has 2 aromatic carbocycles. The highest BCUT2D eigenvalue weighted by Crippen LogP contribution is 2.16. The summed E-state index contributed by atoms with van der Waals surface area (Å²) in [4.78, 5) is 6.01. The Morgan fingerprint density at radius 2 is 1.77 bits per heavy atom. The summed E-state index contributed by atoms with van der Waals surface area (Å²) in [6, 6.07) is 19.0. The Balaban J connectivity index is 1.40. The molecule has 3 rings (SSSR count). The number of nitrogens with one attached hydrogen (secondary N) is 2.